The monoisotopic (exact) mass is 283 g/mol. The Labute approximate surface area is 123 Å². The average Bonchev–Trinajstić information content (AvgIpc) is 3.08. The van der Waals surface area contributed by atoms with Crippen molar-refractivity contribution in [2.45, 2.75) is 19.4 Å². The van der Waals surface area contributed by atoms with Gasteiger partial charge in [-0.2, -0.15) is 0 Å². The molecule has 1 amide bonds. The van der Waals surface area contributed by atoms with Gasteiger partial charge in [0.05, 0.1) is 24.6 Å². The summed E-state index contributed by atoms with van der Waals surface area (Å²) in [4.78, 5) is 26.6. The number of amides is 1. The zero-order chi connectivity index (χ0) is 14.5. The van der Waals surface area contributed by atoms with Crippen molar-refractivity contribution in [3.05, 3.63) is 48.2 Å². The smallest absolute Gasteiger partial charge is 0.274 e. The van der Waals surface area contributed by atoms with Crippen molar-refractivity contribution in [3.63, 3.8) is 0 Å². The van der Waals surface area contributed by atoms with Crippen molar-refractivity contribution >= 4 is 11.7 Å². The standard InChI is InChI=1S/C15H17N5O/c21-15(20-7-3-4-8-20)13-10-19-14(11-17-13)18-9-12-5-1-2-6-16-12/h1-2,5-6,10-11H,3-4,7-9H2,(H,18,19). The molecule has 1 saturated heterocycles. The van der Waals surface area contributed by atoms with Crippen molar-refractivity contribution in [3.8, 4) is 0 Å². The Hall–Kier alpha value is -2.50. The van der Waals surface area contributed by atoms with Crippen molar-refractivity contribution in [1.29, 1.82) is 0 Å². The number of nitrogens with one attached hydrogen (secondary N) is 1. The van der Waals surface area contributed by atoms with Crippen LogP contribution in [0.25, 0.3) is 0 Å². The number of aromatic nitrogens is 3. The molecule has 1 aliphatic rings. The van der Waals surface area contributed by atoms with Crippen molar-refractivity contribution in [2.75, 3.05) is 18.4 Å². The lowest BCUT2D eigenvalue weighted by atomic mass is 10.3. The zero-order valence-corrected chi connectivity index (χ0v) is 11.7. The van der Waals surface area contributed by atoms with Crippen LogP contribution in [-0.2, 0) is 6.54 Å². The van der Waals surface area contributed by atoms with Gasteiger partial charge >= 0.3 is 0 Å². The molecule has 3 heterocycles. The van der Waals surface area contributed by atoms with E-state index in [2.05, 4.69) is 20.3 Å². The number of carbonyl (C=O) groups excluding carboxylic acids is 1. The van der Waals surface area contributed by atoms with E-state index in [0.29, 0.717) is 18.1 Å². The minimum absolute atomic E-state index is 0.0312. The Morgan fingerprint density at radius 3 is 2.67 bits per heavy atom. The van der Waals surface area contributed by atoms with Crippen LogP contribution in [0.4, 0.5) is 5.82 Å². The number of carbonyl (C=O) groups is 1. The number of pyridine rings is 1. The normalized spacial score (nSPS) is 14.2. The molecular weight excluding hydrogens is 266 g/mol. The van der Waals surface area contributed by atoms with Crippen LogP contribution in [0.3, 0.4) is 0 Å². The third kappa shape index (κ3) is 3.34. The SMILES string of the molecule is O=C(c1cnc(NCc2ccccn2)cn1)N1CCCC1. The molecule has 2 aromatic heterocycles. The van der Waals surface area contributed by atoms with Crippen LogP contribution >= 0.6 is 0 Å². The molecule has 3 rings (SSSR count). The first-order valence-electron chi connectivity index (χ1n) is 7.08. The second kappa shape index (κ2) is 6.30. The summed E-state index contributed by atoms with van der Waals surface area (Å²) in [5, 5.41) is 3.14. The Morgan fingerprint density at radius 2 is 2.00 bits per heavy atom. The maximum atomic E-state index is 12.1. The maximum Gasteiger partial charge on any atom is 0.274 e. The summed E-state index contributed by atoms with van der Waals surface area (Å²) in [6, 6.07) is 5.75. The van der Waals surface area contributed by atoms with Crippen LogP contribution in [-0.4, -0.2) is 38.8 Å². The molecule has 2 aromatic rings. The molecule has 0 unspecified atom stereocenters. The molecule has 1 aliphatic heterocycles. The molecule has 1 fully saturated rings. The van der Waals surface area contributed by atoms with Gasteiger partial charge in [-0.05, 0) is 25.0 Å². The molecule has 0 aromatic carbocycles. The van der Waals surface area contributed by atoms with Gasteiger partial charge in [0.1, 0.15) is 11.5 Å². The van der Waals surface area contributed by atoms with Gasteiger partial charge in [0.25, 0.3) is 5.91 Å². The highest BCUT2D eigenvalue weighted by Crippen LogP contribution is 2.12. The quantitative estimate of drug-likeness (QED) is 0.925. The van der Waals surface area contributed by atoms with Gasteiger partial charge in [-0.3, -0.25) is 9.78 Å². The fourth-order valence-electron chi connectivity index (χ4n) is 2.30. The minimum Gasteiger partial charge on any atom is -0.363 e. The molecular formula is C15H17N5O. The molecule has 108 valence electrons. The number of nitrogens with zero attached hydrogens (tertiary/aromatic N) is 4. The second-order valence-electron chi connectivity index (χ2n) is 4.96. The molecule has 6 heteroatoms. The summed E-state index contributed by atoms with van der Waals surface area (Å²) >= 11 is 0. The number of hydrogen-bond acceptors (Lipinski definition) is 5. The lowest BCUT2D eigenvalue weighted by Crippen LogP contribution is -2.28. The predicted molar refractivity (Wildman–Crippen MR) is 78.7 cm³/mol. The van der Waals surface area contributed by atoms with Crippen molar-refractivity contribution in [2.24, 2.45) is 0 Å². The molecule has 21 heavy (non-hydrogen) atoms. The van der Waals surface area contributed by atoms with E-state index in [1.165, 1.54) is 6.20 Å². The predicted octanol–water partition coefficient (Wildman–Crippen LogP) is 1.72. The Balaban J connectivity index is 1.60. The molecule has 0 bridgehead atoms. The largest absolute Gasteiger partial charge is 0.363 e. The second-order valence-corrected chi connectivity index (χ2v) is 4.96. The third-order valence-electron chi connectivity index (χ3n) is 3.44. The number of hydrogen-bond donors (Lipinski definition) is 1. The third-order valence-corrected chi connectivity index (χ3v) is 3.44. The highest BCUT2D eigenvalue weighted by Gasteiger charge is 2.20. The van der Waals surface area contributed by atoms with E-state index < -0.39 is 0 Å². The molecule has 0 saturated carbocycles. The highest BCUT2D eigenvalue weighted by atomic mass is 16.2. The van der Waals surface area contributed by atoms with Crippen LogP contribution in [0, 0.1) is 0 Å². The first-order valence-corrected chi connectivity index (χ1v) is 7.08. The molecule has 1 N–H and O–H groups in total. The Kier molecular flexibility index (Phi) is 4.04. The maximum absolute atomic E-state index is 12.1. The van der Waals surface area contributed by atoms with Gasteiger partial charge in [0.2, 0.25) is 0 Å². The lowest BCUT2D eigenvalue weighted by Gasteiger charge is -2.14. The van der Waals surface area contributed by atoms with Crippen LogP contribution in [0.15, 0.2) is 36.8 Å². The highest BCUT2D eigenvalue weighted by molar-refractivity contribution is 5.92. The van der Waals surface area contributed by atoms with E-state index in [0.717, 1.165) is 31.6 Å². The Bertz CT molecular complexity index is 593. The van der Waals surface area contributed by atoms with Crippen molar-refractivity contribution < 1.29 is 4.79 Å². The summed E-state index contributed by atoms with van der Waals surface area (Å²) in [5.74, 6) is 0.606. The Morgan fingerprint density at radius 1 is 1.14 bits per heavy atom. The van der Waals surface area contributed by atoms with Gasteiger partial charge in [-0.25, -0.2) is 9.97 Å². The number of likely N-dealkylation sites (tertiary alicyclic amines) is 1. The van der Waals surface area contributed by atoms with Crippen LogP contribution < -0.4 is 5.32 Å². The first kappa shape index (κ1) is 13.5. The number of anilines is 1. The summed E-state index contributed by atoms with van der Waals surface area (Å²) < 4.78 is 0. The number of rotatable bonds is 4. The zero-order valence-electron chi connectivity index (χ0n) is 11.7. The van der Waals surface area contributed by atoms with Crippen LogP contribution in [0.1, 0.15) is 29.0 Å². The van der Waals surface area contributed by atoms with E-state index in [1.54, 1.807) is 12.4 Å². The van der Waals surface area contributed by atoms with E-state index >= 15 is 0 Å². The fourth-order valence-corrected chi connectivity index (χ4v) is 2.30. The van der Waals surface area contributed by atoms with E-state index in [4.69, 9.17) is 0 Å². The van der Waals surface area contributed by atoms with E-state index in [-0.39, 0.29) is 5.91 Å². The first-order chi connectivity index (χ1) is 10.3. The minimum atomic E-state index is -0.0312. The van der Waals surface area contributed by atoms with Crippen molar-refractivity contribution in [1.82, 2.24) is 19.9 Å². The fraction of sp³-hybridized carbons (Fsp3) is 0.333. The molecule has 0 aliphatic carbocycles. The van der Waals surface area contributed by atoms with Crippen LogP contribution in [0.2, 0.25) is 0 Å². The van der Waals surface area contributed by atoms with Gasteiger partial charge in [-0.1, -0.05) is 6.07 Å². The lowest BCUT2D eigenvalue weighted by molar-refractivity contribution is 0.0786. The van der Waals surface area contributed by atoms with Gasteiger partial charge in [0, 0.05) is 19.3 Å². The molecule has 6 nitrogen and oxygen atoms in total. The van der Waals surface area contributed by atoms with Gasteiger partial charge < -0.3 is 10.2 Å². The summed E-state index contributed by atoms with van der Waals surface area (Å²) in [7, 11) is 0. The van der Waals surface area contributed by atoms with Gasteiger partial charge in [-0.15, -0.1) is 0 Å². The summed E-state index contributed by atoms with van der Waals surface area (Å²) in [6.07, 6.45) is 7.01. The topological polar surface area (TPSA) is 71.0 Å². The molecule has 0 spiro atoms. The van der Waals surface area contributed by atoms with Crippen LogP contribution in [0.5, 0.6) is 0 Å². The average molecular weight is 283 g/mol. The van der Waals surface area contributed by atoms with E-state index in [9.17, 15) is 4.79 Å². The van der Waals surface area contributed by atoms with E-state index in [1.807, 2.05) is 23.1 Å². The molecule has 0 radical (unpaired) electrons. The molecule has 0 atom stereocenters. The van der Waals surface area contributed by atoms with Gasteiger partial charge in [0.15, 0.2) is 0 Å². The summed E-state index contributed by atoms with van der Waals surface area (Å²) in [6.45, 7) is 2.22. The summed E-state index contributed by atoms with van der Waals surface area (Å²) in [5.41, 5.74) is 1.33.